The van der Waals surface area contributed by atoms with Gasteiger partial charge in [0, 0.05) is 19.5 Å². The Morgan fingerprint density at radius 3 is 2.33 bits per heavy atom. The lowest BCUT2D eigenvalue weighted by Crippen LogP contribution is -2.33. The molecule has 0 fully saturated rings. The fraction of sp³-hybridized carbons (Fsp3) is 0.400. The first-order valence-electron chi connectivity index (χ1n) is 11.8. The molecule has 0 bridgehead atoms. The number of nitrogens with two attached hydrogens (primary N) is 3. The van der Waals surface area contributed by atoms with Crippen LogP contribution in [0.15, 0.2) is 61.6 Å². The Bertz CT molecular complexity index is 991. The van der Waals surface area contributed by atoms with Crippen LogP contribution in [0.25, 0.3) is 0 Å². The molecule has 0 aliphatic carbocycles. The number of benzene rings is 2. The first-order valence-corrected chi connectivity index (χ1v) is 13.4. The van der Waals surface area contributed by atoms with Gasteiger partial charge < -0.3 is 32.1 Å². The Labute approximate surface area is 229 Å². The van der Waals surface area contributed by atoms with E-state index in [9.17, 15) is 4.79 Å². The van der Waals surface area contributed by atoms with E-state index < -0.39 is 0 Å². The third-order valence-corrected chi connectivity index (χ3v) is 6.13. The number of para-hydroxylation sites is 1. The van der Waals surface area contributed by atoms with Crippen molar-refractivity contribution in [3.05, 3.63) is 57.0 Å². The number of nitrogens with zero attached hydrogens (tertiary/aromatic N) is 2. The third-order valence-electron chi connectivity index (χ3n) is 4.96. The van der Waals surface area contributed by atoms with E-state index in [1.807, 2.05) is 30.3 Å². The first-order chi connectivity index (χ1) is 17.4. The van der Waals surface area contributed by atoms with Crippen LogP contribution in [0.5, 0.6) is 11.5 Å². The number of amides is 1. The van der Waals surface area contributed by atoms with Gasteiger partial charge in [0.2, 0.25) is 0 Å². The van der Waals surface area contributed by atoms with Crippen molar-refractivity contribution in [2.45, 2.75) is 38.5 Å². The van der Waals surface area contributed by atoms with Gasteiger partial charge in [-0.15, -0.1) is 0 Å². The van der Waals surface area contributed by atoms with Crippen LogP contribution < -0.4 is 32.1 Å². The summed E-state index contributed by atoms with van der Waals surface area (Å²) in [7, 11) is 0. The molecule has 0 aliphatic heterocycles. The van der Waals surface area contributed by atoms with Crippen molar-refractivity contribution in [1.82, 2.24) is 5.32 Å². The number of oxime groups is 1. The summed E-state index contributed by atoms with van der Waals surface area (Å²) in [5, 5.41) is 7.12. The molecule has 0 heterocycles. The van der Waals surface area contributed by atoms with Gasteiger partial charge in [0.05, 0.1) is 15.6 Å². The maximum absolute atomic E-state index is 13.0. The fourth-order valence-electron chi connectivity index (χ4n) is 3.15. The molecule has 0 saturated carbocycles. The molecular formula is C25H34Br2N6O3. The number of unbranched alkanes of at least 4 members (excludes halogenated alkanes) is 3. The van der Waals surface area contributed by atoms with Crippen molar-refractivity contribution in [2.24, 2.45) is 27.3 Å². The number of halogens is 2. The molecule has 0 aromatic heterocycles. The predicted octanol–water partition coefficient (Wildman–Crippen LogP) is 3.87. The van der Waals surface area contributed by atoms with Gasteiger partial charge in [-0.1, -0.05) is 36.2 Å². The summed E-state index contributed by atoms with van der Waals surface area (Å²) in [6.45, 7) is 2.22. The van der Waals surface area contributed by atoms with E-state index in [1.54, 1.807) is 12.1 Å². The number of hydrogen-bond acceptors (Lipinski definition) is 6. The van der Waals surface area contributed by atoms with E-state index in [0.717, 1.165) is 46.6 Å². The summed E-state index contributed by atoms with van der Waals surface area (Å²) >= 11 is 7.12. The molecule has 0 unspecified atom stereocenters. The Hall–Kier alpha value is -2.63. The molecule has 7 N–H and O–H groups in total. The number of aliphatic imine (C=N–C) groups is 1. The molecule has 0 atom stereocenters. The average Bonchev–Trinajstić information content (AvgIpc) is 2.85. The zero-order valence-electron chi connectivity index (χ0n) is 20.2. The van der Waals surface area contributed by atoms with E-state index in [1.165, 1.54) is 0 Å². The Kier molecular flexibility index (Phi) is 13.9. The molecule has 0 aliphatic rings. The molecular weight excluding hydrogens is 592 g/mol. The van der Waals surface area contributed by atoms with Crippen LogP contribution in [0.3, 0.4) is 0 Å². The quantitative estimate of drug-likeness (QED) is 0.0962. The summed E-state index contributed by atoms with van der Waals surface area (Å²) in [5.41, 5.74) is 17.3. The minimum Gasteiger partial charge on any atom is -0.491 e. The van der Waals surface area contributed by atoms with Gasteiger partial charge in [0.15, 0.2) is 11.7 Å². The van der Waals surface area contributed by atoms with Crippen molar-refractivity contribution >= 4 is 49.4 Å². The summed E-state index contributed by atoms with van der Waals surface area (Å²) in [5.74, 6) is 1.08. The number of guanidine groups is 1. The first kappa shape index (κ1) is 29.6. The second-order valence-electron chi connectivity index (χ2n) is 7.98. The average molecular weight is 626 g/mol. The van der Waals surface area contributed by atoms with Gasteiger partial charge in [-0.2, -0.15) is 0 Å². The van der Waals surface area contributed by atoms with Gasteiger partial charge in [-0.3, -0.25) is 9.79 Å². The van der Waals surface area contributed by atoms with Gasteiger partial charge in [0.1, 0.15) is 11.5 Å². The summed E-state index contributed by atoms with van der Waals surface area (Å²) in [6, 6.07) is 12.9. The standard InChI is InChI=1S/C25H34Br2N6O3/c26-20-15-18(16-21(27)23(20)35-14-8-11-28)17-22(33-36-19-9-4-3-5-10-19)24(34)31-12-6-1-2-7-13-32-25(29)30/h3-5,9-10,15-16H,1-2,6-8,11-14,17,28H2,(H,31,34)(H4,29,30,32)/b33-22-. The van der Waals surface area contributed by atoms with Crippen molar-refractivity contribution in [2.75, 3.05) is 26.2 Å². The SMILES string of the molecule is NCCCOc1c(Br)cc(C/C(=N/Oc2ccccc2)C(=O)NCCCCCCN=C(N)N)cc1Br. The predicted molar refractivity (Wildman–Crippen MR) is 151 cm³/mol. The highest BCUT2D eigenvalue weighted by Crippen LogP contribution is 2.35. The molecule has 0 saturated heterocycles. The highest BCUT2D eigenvalue weighted by atomic mass is 79.9. The lowest BCUT2D eigenvalue weighted by atomic mass is 10.1. The summed E-state index contributed by atoms with van der Waals surface area (Å²) in [6.07, 6.45) is 4.71. The molecule has 9 nitrogen and oxygen atoms in total. The molecule has 11 heteroatoms. The van der Waals surface area contributed by atoms with Crippen LogP contribution in [0.2, 0.25) is 0 Å². The van der Waals surface area contributed by atoms with Crippen molar-refractivity contribution in [1.29, 1.82) is 0 Å². The molecule has 196 valence electrons. The number of hydrogen-bond donors (Lipinski definition) is 4. The van der Waals surface area contributed by atoms with Crippen LogP contribution in [-0.4, -0.2) is 43.8 Å². The largest absolute Gasteiger partial charge is 0.491 e. The lowest BCUT2D eigenvalue weighted by Gasteiger charge is -2.13. The molecule has 0 radical (unpaired) electrons. The molecule has 1 amide bonds. The van der Waals surface area contributed by atoms with Crippen LogP contribution in [0, 0.1) is 0 Å². The lowest BCUT2D eigenvalue weighted by molar-refractivity contribution is -0.115. The molecule has 2 aromatic rings. The zero-order chi connectivity index (χ0) is 26.2. The molecule has 0 spiro atoms. The van der Waals surface area contributed by atoms with E-state index in [4.69, 9.17) is 26.8 Å². The third kappa shape index (κ3) is 11.4. The Morgan fingerprint density at radius 1 is 0.972 bits per heavy atom. The fourth-order valence-corrected chi connectivity index (χ4v) is 4.66. The minimum atomic E-state index is -0.276. The monoisotopic (exact) mass is 624 g/mol. The zero-order valence-corrected chi connectivity index (χ0v) is 23.4. The molecule has 36 heavy (non-hydrogen) atoms. The maximum Gasteiger partial charge on any atom is 0.269 e. The highest BCUT2D eigenvalue weighted by Gasteiger charge is 2.16. The van der Waals surface area contributed by atoms with E-state index in [-0.39, 0.29) is 24.0 Å². The molecule has 2 rings (SSSR count). The summed E-state index contributed by atoms with van der Waals surface area (Å²) in [4.78, 5) is 22.5. The van der Waals surface area contributed by atoms with Crippen LogP contribution in [0.1, 0.15) is 37.7 Å². The normalized spacial score (nSPS) is 11.1. The van der Waals surface area contributed by atoms with Gasteiger partial charge in [-0.05, 0) is 87.5 Å². The summed E-state index contributed by atoms with van der Waals surface area (Å²) < 4.78 is 7.35. The van der Waals surface area contributed by atoms with Crippen molar-refractivity contribution in [3.63, 3.8) is 0 Å². The number of rotatable bonds is 16. The maximum atomic E-state index is 13.0. The highest BCUT2D eigenvalue weighted by molar-refractivity contribution is 9.11. The van der Waals surface area contributed by atoms with Gasteiger partial charge >= 0.3 is 0 Å². The number of nitrogens with one attached hydrogen (secondary N) is 1. The van der Waals surface area contributed by atoms with Crippen LogP contribution in [-0.2, 0) is 11.2 Å². The minimum absolute atomic E-state index is 0.111. The number of carbonyl (C=O) groups is 1. The van der Waals surface area contributed by atoms with Crippen LogP contribution in [0.4, 0.5) is 0 Å². The van der Waals surface area contributed by atoms with E-state index in [2.05, 4.69) is 47.3 Å². The second kappa shape index (κ2) is 16.9. The second-order valence-corrected chi connectivity index (χ2v) is 9.68. The van der Waals surface area contributed by atoms with E-state index in [0.29, 0.717) is 37.7 Å². The van der Waals surface area contributed by atoms with Gasteiger partial charge in [0.25, 0.3) is 5.91 Å². The van der Waals surface area contributed by atoms with E-state index >= 15 is 0 Å². The molecule has 2 aromatic carbocycles. The Morgan fingerprint density at radius 2 is 1.67 bits per heavy atom. The Balaban J connectivity index is 2.01. The van der Waals surface area contributed by atoms with Crippen LogP contribution >= 0.6 is 31.9 Å². The number of carbonyl (C=O) groups excluding carboxylic acids is 1. The smallest absolute Gasteiger partial charge is 0.269 e. The van der Waals surface area contributed by atoms with Crippen molar-refractivity contribution in [3.8, 4) is 11.5 Å². The topological polar surface area (TPSA) is 150 Å². The number of ether oxygens (including phenoxy) is 1. The van der Waals surface area contributed by atoms with Gasteiger partial charge in [-0.25, -0.2) is 0 Å². The van der Waals surface area contributed by atoms with Crippen molar-refractivity contribution < 1.29 is 14.4 Å².